The van der Waals surface area contributed by atoms with E-state index in [9.17, 15) is 5.21 Å². The fraction of sp³-hybridized carbons (Fsp3) is 0.920. The van der Waals surface area contributed by atoms with Crippen LogP contribution in [0.15, 0.2) is 11.8 Å². The van der Waals surface area contributed by atoms with E-state index in [-0.39, 0.29) is 6.04 Å². The summed E-state index contributed by atoms with van der Waals surface area (Å²) in [5.41, 5.74) is 10.3. The van der Waals surface area contributed by atoms with E-state index in [2.05, 4.69) is 28.7 Å². The predicted molar refractivity (Wildman–Crippen MR) is 123 cm³/mol. The van der Waals surface area contributed by atoms with Crippen molar-refractivity contribution < 1.29 is 5.21 Å². The Kier molecular flexibility index (Phi) is 8.13. The van der Waals surface area contributed by atoms with Gasteiger partial charge in [-0.05, 0) is 88.1 Å². The highest BCUT2D eigenvalue weighted by molar-refractivity contribution is 5.13. The van der Waals surface area contributed by atoms with Gasteiger partial charge in [-0.3, -0.25) is 0 Å². The van der Waals surface area contributed by atoms with Crippen LogP contribution in [0.1, 0.15) is 77.6 Å². The zero-order valence-corrected chi connectivity index (χ0v) is 19.2. The molecule has 4 fully saturated rings. The Morgan fingerprint density at radius 1 is 1.07 bits per heavy atom. The van der Waals surface area contributed by atoms with E-state index in [1.54, 1.807) is 5.70 Å². The maximum absolute atomic E-state index is 9.67. The molecule has 2 aliphatic heterocycles. The smallest absolute Gasteiger partial charge is 0.0475 e. The summed E-state index contributed by atoms with van der Waals surface area (Å²) in [6.07, 6.45) is 16.8. The molecule has 5 N–H and O–H groups in total. The summed E-state index contributed by atoms with van der Waals surface area (Å²) in [6, 6.07) is 0.623. The van der Waals surface area contributed by atoms with Gasteiger partial charge < -0.3 is 21.2 Å². The number of fused-ring (bicyclic) bond motifs is 1. The van der Waals surface area contributed by atoms with Gasteiger partial charge in [0.05, 0.1) is 0 Å². The summed E-state index contributed by atoms with van der Waals surface area (Å²) in [6.45, 7) is 6.73. The minimum absolute atomic E-state index is 0.210. The van der Waals surface area contributed by atoms with Gasteiger partial charge in [0.15, 0.2) is 0 Å². The number of nitrogens with one attached hydrogen (secondary N) is 2. The first kappa shape index (κ1) is 22.6. The molecule has 4 rings (SSSR count). The molecule has 2 saturated heterocycles. The monoisotopic (exact) mass is 418 g/mol. The van der Waals surface area contributed by atoms with Crippen LogP contribution in [-0.2, 0) is 0 Å². The first-order valence-electron chi connectivity index (χ1n) is 13.0. The van der Waals surface area contributed by atoms with Crippen LogP contribution >= 0.6 is 0 Å². The van der Waals surface area contributed by atoms with Crippen LogP contribution in [-0.4, -0.2) is 48.4 Å². The molecule has 2 heterocycles. The van der Waals surface area contributed by atoms with Gasteiger partial charge >= 0.3 is 0 Å². The lowest BCUT2D eigenvalue weighted by Gasteiger charge is -2.49. The van der Waals surface area contributed by atoms with Crippen molar-refractivity contribution in [1.82, 2.24) is 15.7 Å². The normalized spacial score (nSPS) is 39.0. The Hall–Kier alpha value is -0.620. The third-order valence-corrected chi connectivity index (χ3v) is 8.99. The number of nitrogens with zero attached hydrogens (tertiary/aromatic N) is 1. The molecular formula is C25H46N4O. The topological polar surface area (TPSA) is 73.5 Å². The fourth-order valence-electron chi connectivity index (χ4n) is 7.44. The highest BCUT2D eigenvalue weighted by Crippen LogP contribution is 2.42. The Labute approximate surface area is 184 Å². The molecular weight excluding hydrogens is 372 g/mol. The molecule has 0 bridgehead atoms. The van der Waals surface area contributed by atoms with E-state index in [1.165, 1.54) is 70.9 Å². The summed E-state index contributed by atoms with van der Waals surface area (Å²) >= 11 is 0. The van der Waals surface area contributed by atoms with Crippen LogP contribution in [0.5, 0.6) is 0 Å². The molecule has 4 aliphatic rings. The van der Waals surface area contributed by atoms with Crippen molar-refractivity contribution in [2.45, 2.75) is 89.6 Å². The number of likely N-dealkylation sites (tertiary alicyclic amines) is 1. The van der Waals surface area contributed by atoms with Crippen LogP contribution in [0, 0.1) is 29.6 Å². The standard InChI is InChI=1S/C25H46N4O/c1-2-5-24(21-10-13-27-25-22(21)8-4-9-23(25)28-30)29-14-11-19(12-15-29)20-7-3-6-18(16-20)17-26/h5,18-23,25,27-28,30H,2-4,6-17,26H2,1H3/b24-5-. The molecule has 0 radical (unpaired) electrons. The van der Waals surface area contributed by atoms with Gasteiger partial charge in [-0.1, -0.05) is 32.3 Å². The summed E-state index contributed by atoms with van der Waals surface area (Å²) in [7, 11) is 0. The predicted octanol–water partition coefficient (Wildman–Crippen LogP) is 3.88. The molecule has 30 heavy (non-hydrogen) atoms. The van der Waals surface area contributed by atoms with E-state index >= 15 is 0 Å². The highest BCUT2D eigenvalue weighted by Gasteiger charge is 2.42. The second-order valence-corrected chi connectivity index (χ2v) is 10.6. The van der Waals surface area contributed by atoms with E-state index in [0.717, 1.165) is 43.7 Å². The van der Waals surface area contributed by atoms with Gasteiger partial charge in [-0.25, -0.2) is 5.48 Å². The maximum Gasteiger partial charge on any atom is 0.0475 e. The van der Waals surface area contributed by atoms with Gasteiger partial charge in [-0.2, -0.15) is 0 Å². The lowest BCUT2D eigenvalue weighted by atomic mass is 9.69. The number of hydrogen-bond acceptors (Lipinski definition) is 5. The molecule has 172 valence electrons. The van der Waals surface area contributed by atoms with Crippen LogP contribution in [0.3, 0.4) is 0 Å². The highest BCUT2D eigenvalue weighted by atomic mass is 16.5. The molecule has 2 aliphatic carbocycles. The van der Waals surface area contributed by atoms with E-state index < -0.39 is 0 Å². The van der Waals surface area contributed by atoms with Gasteiger partial charge in [-0.15, -0.1) is 0 Å². The van der Waals surface area contributed by atoms with Crippen molar-refractivity contribution in [3.63, 3.8) is 0 Å². The number of nitrogens with two attached hydrogens (primary N) is 1. The Bertz CT molecular complexity index is 559. The quantitative estimate of drug-likeness (QED) is 0.493. The average Bonchev–Trinajstić information content (AvgIpc) is 2.82. The molecule has 0 aromatic carbocycles. The Morgan fingerprint density at radius 2 is 1.87 bits per heavy atom. The van der Waals surface area contributed by atoms with Crippen molar-refractivity contribution in [3.05, 3.63) is 11.8 Å². The number of piperidine rings is 2. The largest absolute Gasteiger partial charge is 0.375 e. The van der Waals surface area contributed by atoms with Crippen molar-refractivity contribution in [1.29, 1.82) is 0 Å². The second kappa shape index (κ2) is 10.8. The van der Waals surface area contributed by atoms with Gasteiger partial charge in [0.2, 0.25) is 0 Å². The van der Waals surface area contributed by atoms with Crippen molar-refractivity contribution in [2.24, 2.45) is 35.3 Å². The van der Waals surface area contributed by atoms with E-state index in [0.29, 0.717) is 17.9 Å². The lowest BCUT2D eigenvalue weighted by molar-refractivity contribution is 0.0337. The van der Waals surface area contributed by atoms with E-state index in [4.69, 9.17) is 5.73 Å². The van der Waals surface area contributed by atoms with Gasteiger partial charge in [0.1, 0.15) is 0 Å². The van der Waals surface area contributed by atoms with Gasteiger partial charge in [0.25, 0.3) is 0 Å². The Morgan fingerprint density at radius 3 is 2.60 bits per heavy atom. The van der Waals surface area contributed by atoms with Crippen molar-refractivity contribution in [3.8, 4) is 0 Å². The summed E-state index contributed by atoms with van der Waals surface area (Å²) < 4.78 is 0. The minimum Gasteiger partial charge on any atom is -0.375 e. The van der Waals surface area contributed by atoms with Crippen LogP contribution in [0.25, 0.3) is 0 Å². The molecule has 0 aromatic rings. The number of hydrogen-bond donors (Lipinski definition) is 4. The lowest BCUT2D eigenvalue weighted by Crippen LogP contribution is -2.59. The zero-order chi connectivity index (χ0) is 20.9. The average molecular weight is 419 g/mol. The molecule has 6 atom stereocenters. The third-order valence-electron chi connectivity index (χ3n) is 8.99. The summed E-state index contributed by atoms with van der Waals surface area (Å²) in [5, 5.41) is 13.4. The first-order valence-corrected chi connectivity index (χ1v) is 13.0. The fourth-order valence-corrected chi connectivity index (χ4v) is 7.44. The second-order valence-electron chi connectivity index (χ2n) is 10.6. The third kappa shape index (κ3) is 4.90. The summed E-state index contributed by atoms with van der Waals surface area (Å²) in [4.78, 5) is 2.76. The van der Waals surface area contributed by atoms with Crippen LogP contribution in [0.4, 0.5) is 0 Å². The maximum atomic E-state index is 9.67. The van der Waals surface area contributed by atoms with Gasteiger partial charge in [0, 0.05) is 36.8 Å². The van der Waals surface area contributed by atoms with Crippen LogP contribution in [0.2, 0.25) is 0 Å². The first-order chi connectivity index (χ1) is 14.7. The molecule has 5 heteroatoms. The number of hydroxylamine groups is 1. The Balaban J connectivity index is 1.40. The molecule has 0 spiro atoms. The molecule has 5 nitrogen and oxygen atoms in total. The molecule has 0 aromatic heterocycles. The number of rotatable bonds is 6. The SMILES string of the molecule is CC/C=C(/C1CCNC2C(NO)CCCC12)N1CCC(C2CCCC(CN)C2)CC1. The molecule has 2 saturated carbocycles. The molecule has 6 unspecified atom stereocenters. The van der Waals surface area contributed by atoms with E-state index in [1.807, 2.05) is 0 Å². The summed E-state index contributed by atoms with van der Waals surface area (Å²) in [5.74, 6) is 3.92. The van der Waals surface area contributed by atoms with Crippen LogP contribution < -0.4 is 16.5 Å². The number of allylic oxidation sites excluding steroid dienone is 2. The molecule has 0 amide bonds. The van der Waals surface area contributed by atoms with Crippen molar-refractivity contribution in [2.75, 3.05) is 26.2 Å². The zero-order valence-electron chi connectivity index (χ0n) is 19.2. The van der Waals surface area contributed by atoms with Crippen molar-refractivity contribution >= 4 is 0 Å². The minimum atomic E-state index is 0.210.